The SMILES string of the molecule is CCCc1nc(O)c(Cc2cc3cc(C)ccc3nc2NC)c2cc(OC)c(OC)cc12.Cl.Cl. The fraction of sp³-hybridized carbons (Fsp3) is 0.308. The minimum absolute atomic E-state index is 0. The van der Waals surface area contributed by atoms with Crippen LogP contribution in [0, 0.1) is 6.92 Å². The average Bonchev–Trinajstić information content (AvgIpc) is 2.80. The van der Waals surface area contributed by atoms with E-state index >= 15 is 0 Å². The molecule has 0 radical (unpaired) electrons. The number of ether oxygens (including phenoxy) is 2. The summed E-state index contributed by atoms with van der Waals surface area (Å²) in [5.41, 5.74) is 4.69. The van der Waals surface area contributed by atoms with Crippen molar-refractivity contribution in [2.45, 2.75) is 33.1 Å². The maximum Gasteiger partial charge on any atom is 0.215 e. The molecule has 2 aromatic carbocycles. The number of methoxy groups -OCH3 is 2. The lowest BCUT2D eigenvalue weighted by Gasteiger charge is -2.17. The van der Waals surface area contributed by atoms with Crippen molar-refractivity contribution in [2.24, 2.45) is 0 Å². The van der Waals surface area contributed by atoms with Crippen LogP contribution in [0.15, 0.2) is 36.4 Å². The number of anilines is 1. The predicted octanol–water partition coefficient (Wildman–Crippen LogP) is 6.24. The Labute approximate surface area is 212 Å². The number of aromatic nitrogens is 2. The standard InChI is InChI=1S/C26H29N3O3.2ClH/c1-6-7-22-19-14-24(32-5)23(31-4)13-18(19)20(26(30)29-22)12-17-11-16-10-15(2)8-9-21(16)28-25(17)27-3;;/h8-11,13-14H,6-7,12H2,1-5H3,(H,27,28)(H,29,30);2*1H. The van der Waals surface area contributed by atoms with Gasteiger partial charge in [0, 0.05) is 29.8 Å². The first-order chi connectivity index (χ1) is 15.5. The zero-order valence-corrected chi connectivity index (χ0v) is 21.7. The summed E-state index contributed by atoms with van der Waals surface area (Å²) in [4.78, 5) is 9.36. The van der Waals surface area contributed by atoms with E-state index in [4.69, 9.17) is 14.5 Å². The van der Waals surface area contributed by atoms with Crippen LogP contribution >= 0.6 is 24.8 Å². The molecule has 0 aliphatic heterocycles. The number of aromatic hydroxyl groups is 1. The van der Waals surface area contributed by atoms with Crippen LogP contribution in [0.2, 0.25) is 0 Å². The van der Waals surface area contributed by atoms with Crippen LogP contribution in [0.4, 0.5) is 5.82 Å². The molecule has 0 fully saturated rings. The fourth-order valence-corrected chi connectivity index (χ4v) is 4.23. The van der Waals surface area contributed by atoms with E-state index in [1.165, 1.54) is 5.56 Å². The van der Waals surface area contributed by atoms with Gasteiger partial charge < -0.3 is 19.9 Å². The minimum Gasteiger partial charge on any atom is -0.493 e. The largest absolute Gasteiger partial charge is 0.493 e. The molecule has 34 heavy (non-hydrogen) atoms. The summed E-state index contributed by atoms with van der Waals surface area (Å²) < 4.78 is 11.1. The Morgan fingerprint density at radius 2 is 1.62 bits per heavy atom. The van der Waals surface area contributed by atoms with Crippen molar-refractivity contribution in [1.29, 1.82) is 0 Å². The molecule has 2 aromatic heterocycles. The molecule has 4 rings (SSSR count). The smallest absolute Gasteiger partial charge is 0.215 e. The zero-order valence-electron chi connectivity index (χ0n) is 20.1. The van der Waals surface area contributed by atoms with Gasteiger partial charge in [-0.2, -0.15) is 0 Å². The Hall–Kier alpha value is -2.96. The van der Waals surface area contributed by atoms with Crippen LogP contribution in [-0.2, 0) is 12.8 Å². The molecule has 0 unspecified atom stereocenters. The van der Waals surface area contributed by atoms with Gasteiger partial charge in [0.1, 0.15) is 5.82 Å². The number of nitrogens with zero attached hydrogens (tertiary/aromatic N) is 2. The van der Waals surface area contributed by atoms with E-state index in [-0.39, 0.29) is 30.7 Å². The minimum atomic E-state index is 0. The van der Waals surface area contributed by atoms with Crippen LogP contribution < -0.4 is 14.8 Å². The molecule has 2 N–H and O–H groups in total. The summed E-state index contributed by atoms with van der Waals surface area (Å²) in [5.74, 6) is 2.09. The van der Waals surface area contributed by atoms with Crippen molar-refractivity contribution in [2.75, 3.05) is 26.6 Å². The number of benzene rings is 2. The molecule has 8 heteroatoms. The van der Waals surface area contributed by atoms with E-state index in [1.54, 1.807) is 14.2 Å². The Morgan fingerprint density at radius 1 is 0.941 bits per heavy atom. The lowest BCUT2D eigenvalue weighted by Crippen LogP contribution is -2.04. The van der Waals surface area contributed by atoms with Gasteiger partial charge in [0.15, 0.2) is 11.5 Å². The number of pyridine rings is 2. The summed E-state index contributed by atoms with van der Waals surface area (Å²) in [6, 6.07) is 12.2. The third kappa shape index (κ3) is 5.08. The third-order valence-electron chi connectivity index (χ3n) is 5.81. The van der Waals surface area contributed by atoms with Crippen molar-refractivity contribution >= 4 is 52.3 Å². The molecule has 0 aliphatic carbocycles. The summed E-state index contributed by atoms with van der Waals surface area (Å²) in [7, 11) is 5.10. The Balaban J connectivity index is 0.00000204. The summed E-state index contributed by atoms with van der Waals surface area (Å²) in [5, 5.41) is 17.1. The van der Waals surface area contributed by atoms with E-state index < -0.39 is 0 Å². The van der Waals surface area contributed by atoms with Gasteiger partial charge in [-0.1, -0.05) is 25.0 Å². The zero-order chi connectivity index (χ0) is 22.8. The Morgan fingerprint density at radius 3 is 2.24 bits per heavy atom. The van der Waals surface area contributed by atoms with Gasteiger partial charge in [0.2, 0.25) is 5.88 Å². The number of halogens is 2. The number of fused-ring (bicyclic) bond motifs is 2. The molecule has 0 atom stereocenters. The van der Waals surface area contributed by atoms with Crippen LogP contribution in [0.1, 0.15) is 35.7 Å². The molecule has 0 saturated carbocycles. The molecule has 6 nitrogen and oxygen atoms in total. The van der Waals surface area contributed by atoms with E-state index in [0.717, 1.165) is 57.2 Å². The average molecular weight is 504 g/mol. The summed E-state index contributed by atoms with van der Waals surface area (Å²) >= 11 is 0. The van der Waals surface area contributed by atoms with Gasteiger partial charge in [0.25, 0.3) is 0 Å². The van der Waals surface area contributed by atoms with E-state index in [1.807, 2.05) is 25.2 Å². The first-order valence-corrected chi connectivity index (χ1v) is 10.8. The second-order valence-electron chi connectivity index (χ2n) is 7.98. The Kier molecular flexibility index (Phi) is 9.19. The van der Waals surface area contributed by atoms with Crippen molar-refractivity contribution in [3.05, 3.63) is 58.8 Å². The van der Waals surface area contributed by atoms with Gasteiger partial charge in [-0.15, -0.1) is 24.8 Å². The van der Waals surface area contributed by atoms with Crippen molar-refractivity contribution in [3.8, 4) is 17.4 Å². The summed E-state index contributed by atoms with van der Waals surface area (Å²) in [6.07, 6.45) is 2.16. The first kappa shape index (κ1) is 27.3. The number of rotatable bonds is 7. The maximum atomic E-state index is 11.0. The van der Waals surface area contributed by atoms with Gasteiger partial charge in [-0.05, 0) is 54.6 Å². The highest BCUT2D eigenvalue weighted by atomic mass is 35.5. The van der Waals surface area contributed by atoms with Crippen LogP contribution in [0.3, 0.4) is 0 Å². The van der Waals surface area contributed by atoms with Crippen molar-refractivity contribution in [1.82, 2.24) is 9.97 Å². The fourth-order valence-electron chi connectivity index (χ4n) is 4.23. The number of hydrogen-bond acceptors (Lipinski definition) is 6. The number of aryl methyl sites for hydroxylation is 2. The Bertz CT molecular complexity index is 1310. The van der Waals surface area contributed by atoms with E-state index in [0.29, 0.717) is 17.9 Å². The van der Waals surface area contributed by atoms with Crippen molar-refractivity contribution < 1.29 is 14.6 Å². The first-order valence-electron chi connectivity index (χ1n) is 10.8. The molecule has 0 saturated heterocycles. The second kappa shape index (κ2) is 11.4. The molecule has 0 amide bonds. The van der Waals surface area contributed by atoms with Crippen LogP contribution in [0.5, 0.6) is 17.4 Å². The molecule has 4 aromatic rings. The molecular weight excluding hydrogens is 473 g/mol. The van der Waals surface area contributed by atoms with Crippen molar-refractivity contribution in [3.63, 3.8) is 0 Å². The van der Waals surface area contributed by atoms with E-state index in [2.05, 4.69) is 42.3 Å². The lowest BCUT2D eigenvalue weighted by molar-refractivity contribution is 0.355. The third-order valence-corrected chi connectivity index (χ3v) is 5.81. The second-order valence-corrected chi connectivity index (χ2v) is 7.98. The van der Waals surface area contributed by atoms with E-state index in [9.17, 15) is 5.11 Å². The highest BCUT2D eigenvalue weighted by Gasteiger charge is 2.19. The molecular formula is C26H31Cl2N3O3. The quantitative estimate of drug-likeness (QED) is 0.310. The van der Waals surface area contributed by atoms with Gasteiger partial charge in [0.05, 0.1) is 25.4 Å². The molecule has 2 heterocycles. The molecule has 0 aliphatic rings. The highest BCUT2D eigenvalue weighted by Crippen LogP contribution is 2.39. The maximum absolute atomic E-state index is 11.0. The summed E-state index contributed by atoms with van der Waals surface area (Å²) in [6.45, 7) is 4.17. The molecule has 0 spiro atoms. The molecule has 0 bridgehead atoms. The van der Waals surface area contributed by atoms with Gasteiger partial charge in [-0.25, -0.2) is 9.97 Å². The normalized spacial score (nSPS) is 10.5. The van der Waals surface area contributed by atoms with Gasteiger partial charge >= 0.3 is 0 Å². The monoisotopic (exact) mass is 503 g/mol. The van der Waals surface area contributed by atoms with Crippen LogP contribution in [-0.4, -0.2) is 36.3 Å². The number of hydrogen-bond donors (Lipinski definition) is 2. The number of nitrogens with one attached hydrogen (secondary N) is 1. The van der Waals surface area contributed by atoms with Gasteiger partial charge in [-0.3, -0.25) is 0 Å². The molecule has 182 valence electrons. The lowest BCUT2D eigenvalue weighted by atomic mass is 9.96. The topological polar surface area (TPSA) is 76.5 Å². The predicted molar refractivity (Wildman–Crippen MR) is 144 cm³/mol. The van der Waals surface area contributed by atoms with Crippen LogP contribution in [0.25, 0.3) is 21.7 Å². The highest BCUT2D eigenvalue weighted by molar-refractivity contribution is 5.92.